The molecule has 1 N–H and O–H groups in total. The Kier molecular flexibility index (Phi) is 5.49. The third-order valence-corrected chi connectivity index (χ3v) is 4.75. The van der Waals surface area contributed by atoms with Crippen LogP contribution in [0.15, 0.2) is 24.3 Å². The molecule has 126 valence electrons. The largest absolute Gasteiger partial charge is 0.378 e. The van der Waals surface area contributed by atoms with Gasteiger partial charge in [-0.1, -0.05) is 6.07 Å². The lowest BCUT2D eigenvalue weighted by Gasteiger charge is -2.34. The molecule has 2 aliphatic heterocycles. The molecule has 3 rings (SSSR count). The van der Waals surface area contributed by atoms with Crippen LogP contribution in [0.4, 0.5) is 10.1 Å². The zero-order valence-electron chi connectivity index (χ0n) is 13.5. The summed E-state index contributed by atoms with van der Waals surface area (Å²) in [5.74, 6) is -0.0724. The summed E-state index contributed by atoms with van der Waals surface area (Å²) in [5.41, 5.74) is 0.924. The number of rotatable bonds is 5. The number of piperidine rings is 1. The lowest BCUT2D eigenvalue weighted by Crippen LogP contribution is -2.44. The first-order valence-corrected chi connectivity index (χ1v) is 8.62. The summed E-state index contributed by atoms with van der Waals surface area (Å²) in [6, 6.07) is 6.94. The second-order valence-corrected chi connectivity index (χ2v) is 6.48. The predicted molar refractivity (Wildman–Crippen MR) is 88.0 cm³/mol. The summed E-state index contributed by atoms with van der Waals surface area (Å²) in [7, 11) is 0. The van der Waals surface area contributed by atoms with Crippen LogP contribution in [0.2, 0.25) is 0 Å². The van der Waals surface area contributed by atoms with Crippen LogP contribution in [-0.4, -0.2) is 37.7 Å². The van der Waals surface area contributed by atoms with Crippen molar-refractivity contribution >= 4 is 11.6 Å². The molecule has 0 spiro atoms. The van der Waals surface area contributed by atoms with Crippen LogP contribution in [0.5, 0.6) is 0 Å². The Labute approximate surface area is 137 Å². The first kappa shape index (κ1) is 16.2. The van der Waals surface area contributed by atoms with Crippen LogP contribution in [0.25, 0.3) is 0 Å². The molecule has 5 heteroatoms. The Morgan fingerprint density at radius 3 is 2.83 bits per heavy atom. The second kappa shape index (κ2) is 7.77. The molecule has 0 aromatic heterocycles. The van der Waals surface area contributed by atoms with Gasteiger partial charge in [0.1, 0.15) is 5.82 Å². The van der Waals surface area contributed by atoms with Gasteiger partial charge < -0.3 is 15.0 Å². The maximum Gasteiger partial charge on any atom is 0.220 e. The Morgan fingerprint density at radius 1 is 1.30 bits per heavy atom. The number of carbonyl (C=O) groups is 1. The predicted octanol–water partition coefficient (Wildman–Crippen LogP) is 2.87. The van der Waals surface area contributed by atoms with Crippen molar-refractivity contribution in [2.45, 2.75) is 50.7 Å². The number of carbonyl (C=O) groups excluding carboxylic acids is 1. The number of halogens is 1. The maximum atomic E-state index is 13.3. The molecule has 0 radical (unpaired) electrons. The van der Waals surface area contributed by atoms with Crippen molar-refractivity contribution in [1.82, 2.24) is 5.32 Å². The molecule has 0 bridgehead atoms. The third kappa shape index (κ3) is 4.67. The van der Waals surface area contributed by atoms with Crippen molar-refractivity contribution in [2.24, 2.45) is 0 Å². The topological polar surface area (TPSA) is 41.6 Å². The molecule has 1 aromatic rings. The highest BCUT2D eigenvalue weighted by atomic mass is 19.1. The zero-order valence-corrected chi connectivity index (χ0v) is 13.5. The first-order chi connectivity index (χ1) is 11.2. The van der Waals surface area contributed by atoms with E-state index in [0.717, 1.165) is 57.5 Å². The van der Waals surface area contributed by atoms with E-state index in [1.54, 1.807) is 12.1 Å². The van der Waals surface area contributed by atoms with Gasteiger partial charge >= 0.3 is 0 Å². The molecule has 2 fully saturated rings. The van der Waals surface area contributed by atoms with Crippen molar-refractivity contribution < 1.29 is 13.9 Å². The molecule has 1 amide bonds. The van der Waals surface area contributed by atoms with Gasteiger partial charge in [0.25, 0.3) is 0 Å². The molecule has 1 unspecified atom stereocenters. The zero-order chi connectivity index (χ0) is 16.1. The van der Waals surface area contributed by atoms with Gasteiger partial charge in [-0.3, -0.25) is 4.79 Å². The van der Waals surface area contributed by atoms with Gasteiger partial charge in [0.2, 0.25) is 5.91 Å². The van der Waals surface area contributed by atoms with Gasteiger partial charge in [0.15, 0.2) is 0 Å². The van der Waals surface area contributed by atoms with Crippen molar-refractivity contribution in [3.63, 3.8) is 0 Å². The third-order valence-electron chi connectivity index (χ3n) is 4.75. The standard InChI is InChI=1S/C18H25FN2O2/c19-14-3-1-4-16(13-14)21-10-8-15(9-11-21)20-18(22)7-6-17-5-2-12-23-17/h1,3-4,13,15,17H,2,5-12H2,(H,20,22). The number of amides is 1. The van der Waals surface area contributed by atoms with E-state index >= 15 is 0 Å². The minimum Gasteiger partial charge on any atom is -0.378 e. The summed E-state index contributed by atoms with van der Waals surface area (Å²) in [5, 5.41) is 3.13. The molecular formula is C18H25FN2O2. The van der Waals surface area contributed by atoms with E-state index in [9.17, 15) is 9.18 Å². The van der Waals surface area contributed by atoms with Gasteiger partial charge in [-0.25, -0.2) is 4.39 Å². The van der Waals surface area contributed by atoms with Crippen LogP contribution >= 0.6 is 0 Å². The smallest absolute Gasteiger partial charge is 0.220 e. The van der Waals surface area contributed by atoms with Crippen LogP contribution in [0, 0.1) is 5.82 Å². The highest BCUT2D eigenvalue weighted by Crippen LogP contribution is 2.21. The fraction of sp³-hybridized carbons (Fsp3) is 0.611. The number of benzene rings is 1. The molecule has 0 aliphatic carbocycles. The molecule has 4 nitrogen and oxygen atoms in total. The molecule has 2 heterocycles. The normalized spacial score (nSPS) is 22.3. The monoisotopic (exact) mass is 320 g/mol. The summed E-state index contributed by atoms with van der Waals surface area (Å²) in [6.45, 7) is 2.53. The number of anilines is 1. The number of hydrogen-bond acceptors (Lipinski definition) is 3. The minimum absolute atomic E-state index is 0.129. The summed E-state index contributed by atoms with van der Waals surface area (Å²) < 4.78 is 18.8. The average molecular weight is 320 g/mol. The maximum absolute atomic E-state index is 13.3. The average Bonchev–Trinajstić information content (AvgIpc) is 3.07. The second-order valence-electron chi connectivity index (χ2n) is 6.48. The quantitative estimate of drug-likeness (QED) is 0.907. The Balaban J connectivity index is 1.39. The molecular weight excluding hydrogens is 295 g/mol. The first-order valence-electron chi connectivity index (χ1n) is 8.62. The van der Waals surface area contributed by atoms with E-state index in [2.05, 4.69) is 10.2 Å². The molecule has 1 aromatic carbocycles. The summed E-state index contributed by atoms with van der Waals surface area (Å²) >= 11 is 0. The van der Waals surface area contributed by atoms with Gasteiger partial charge in [-0.15, -0.1) is 0 Å². The van der Waals surface area contributed by atoms with E-state index in [1.165, 1.54) is 6.07 Å². The van der Waals surface area contributed by atoms with E-state index in [0.29, 0.717) is 6.42 Å². The van der Waals surface area contributed by atoms with Crippen molar-refractivity contribution in [1.29, 1.82) is 0 Å². The van der Waals surface area contributed by atoms with E-state index in [1.807, 2.05) is 6.07 Å². The number of ether oxygens (including phenoxy) is 1. The molecule has 23 heavy (non-hydrogen) atoms. The highest BCUT2D eigenvalue weighted by Gasteiger charge is 2.22. The van der Waals surface area contributed by atoms with Crippen molar-refractivity contribution in [3.05, 3.63) is 30.1 Å². The number of nitrogens with zero attached hydrogens (tertiary/aromatic N) is 1. The molecule has 2 saturated heterocycles. The minimum atomic E-state index is -0.202. The Morgan fingerprint density at radius 2 is 2.13 bits per heavy atom. The van der Waals surface area contributed by atoms with E-state index in [4.69, 9.17) is 4.74 Å². The van der Waals surface area contributed by atoms with E-state index in [-0.39, 0.29) is 23.9 Å². The Hall–Kier alpha value is -1.62. The van der Waals surface area contributed by atoms with Gasteiger partial charge in [0, 0.05) is 37.8 Å². The fourth-order valence-electron chi connectivity index (χ4n) is 3.42. The van der Waals surface area contributed by atoms with Crippen LogP contribution in [0.3, 0.4) is 0 Å². The SMILES string of the molecule is O=C(CCC1CCCO1)NC1CCN(c2cccc(F)c2)CC1. The summed E-state index contributed by atoms with van der Waals surface area (Å²) in [4.78, 5) is 14.2. The summed E-state index contributed by atoms with van der Waals surface area (Å²) in [6.07, 6.45) is 5.66. The lowest BCUT2D eigenvalue weighted by atomic mass is 10.0. The van der Waals surface area contributed by atoms with E-state index < -0.39 is 0 Å². The lowest BCUT2D eigenvalue weighted by molar-refractivity contribution is -0.122. The number of nitrogens with one attached hydrogen (secondary N) is 1. The fourth-order valence-corrected chi connectivity index (χ4v) is 3.42. The van der Waals surface area contributed by atoms with Crippen molar-refractivity contribution in [3.8, 4) is 0 Å². The van der Waals surface area contributed by atoms with Gasteiger partial charge in [-0.05, 0) is 50.3 Å². The van der Waals surface area contributed by atoms with Crippen LogP contribution in [-0.2, 0) is 9.53 Å². The number of hydrogen-bond donors (Lipinski definition) is 1. The van der Waals surface area contributed by atoms with Gasteiger partial charge in [0.05, 0.1) is 6.10 Å². The van der Waals surface area contributed by atoms with Crippen LogP contribution in [0.1, 0.15) is 38.5 Å². The molecule has 1 atom stereocenters. The molecule has 0 saturated carbocycles. The van der Waals surface area contributed by atoms with Crippen molar-refractivity contribution in [2.75, 3.05) is 24.6 Å². The van der Waals surface area contributed by atoms with Crippen LogP contribution < -0.4 is 10.2 Å². The molecule has 2 aliphatic rings. The highest BCUT2D eigenvalue weighted by molar-refractivity contribution is 5.76. The Bertz CT molecular complexity index is 524. The van der Waals surface area contributed by atoms with Gasteiger partial charge in [-0.2, -0.15) is 0 Å².